The first-order chi connectivity index (χ1) is 6.93. The van der Waals surface area contributed by atoms with Gasteiger partial charge in [-0.05, 0) is 19.3 Å². The maximum atomic E-state index is 12.1. The van der Waals surface area contributed by atoms with Crippen molar-refractivity contribution in [2.75, 3.05) is 7.05 Å². The third kappa shape index (κ3) is 2.81. The van der Waals surface area contributed by atoms with Gasteiger partial charge in [0.05, 0.1) is 5.92 Å². The number of nitrogens with zero attached hydrogens (tertiary/aromatic N) is 1. The van der Waals surface area contributed by atoms with Crippen molar-refractivity contribution in [3.63, 3.8) is 0 Å². The zero-order chi connectivity index (χ0) is 11.6. The molecule has 0 aromatic rings. The number of carbonyl (C=O) groups is 1. The Morgan fingerprint density at radius 1 is 1.40 bits per heavy atom. The summed E-state index contributed by atoms with van der Waals surface area (Å²) in [7, 11) is 1.88. The molecule has 3 nitrogen and oxygen atoms in total. The number of carbonyl (C=O) groups excluding carboxylic acids is 1. The zero-order valence-corrected chi connectivity index (χ0v) is 10.1. The fraction of sp³-hybridized carbons (Fsp3) is 0.750. The molecule has 0 radical (unpaired) electrons. The van der Waals surface area contributed by atoms with E-state index in [1.54, 1.807) is 0 Å². The molecule has 1 aliphatic rings. The molecule has 3 heteroatoms. The van der Waals surface area contributed by atoms with Crippen molar-refractivity contribution in [1.29, 1.82) is 0 Å². The Hall–Kier alpha value is -0.830. The van der Waals surface area contributed by atoms with Crippen LogP contribution in [0.4, 0.5) is 0 Å². The summed E-state index contributed by atoms with van der Waals surface area (Å²) in [6, 6.07) is 0.337. The minimum absolute atomic E-state index is 0.00815. The molecule has 0 aromatic carbocycles. The molecule has 0 bridgehead atoms. The summed E-state index contributed by atoms with van der Waals surface area (Å²) in [4.78, 5) is 13.9. The molecule has 1 aliphatic carbocycles. The van der Waals surface area contributed by atoms with E-state index in [4.69, 9.17) is 5.73 Å². The van der Waals surface area contributed by atoms with Gasteiger partial charge in [-0.15, -0.1) is 0 Å². The second-order valence-electron chi connectivity index (χ2n) is 4.82. The fourth-order valence-electron chi connectivity index (χ4n) is 1.82. The largest absolute Gasteiger partial charge is 0.342 e. The zero-order valence-electron chi connectivity index (χ0n) is 10.1. The number of hydrogen-bond acceptors (Lipinski definition) is 2. The molecule has 0 saturated heterocycles. The second kappa shape index (κ2) is 4.79. The van der Waals surface area contributed by atoms with Gasteiger partial charge in [0, 0.05) is 19.1 Å². The van der Waals surface area contributed by atoms with Gasteiger partial charge < -0.3 is 10.6 Å². The predicted molar refractivity (Wildman–Crippen MR) is 62.3 cm³/mol. The topological polar surface area (TPSA) is 46.3 Å². The molecule has 3 unspecified atom stereocenters. The molecule has 0 spiro atoms. The maximum absolute atomic E-state index is 12.1. The average molecular weight is 210 g/mol. The third-order valence-corrected chi connectivity index (χ3v) is 3.36. The highest BCUT2D eigenvalue weighted by molar-refractivity contribution is 5.81. The quantitative estimate of drug-likeness (QED) is 0.716. The molecule has 0 saturated carbocycles. The van der Waals surface area contributed by atoms with E-state index in [0.717, 1.165) is 6.42 Å². The van der Waals surface area contributed by atoms with Crippen LogP contribution in [-0.2, 0) is 4.79 Å². The van der Waals surface area contributed by atoms with E-state index in [-0.39, 0.29) is 23.9 Å². The molecule has 0 aromatic heterocycles. The summed E-state index contributed by atoms with van der Waals surface area (Å²) in [5, 5.41) is 0. The SMILES string of the molecule is CC(C)C(C)N(C)C(=O)C1C=CC(N)C1. The van der Waals surface area contributed by atoms with Gasteiger partial charge in [0.2, 0.25) is 5.91 Å². The van der Waals surface area contributed by atoms with Crippen molar-refractivity contribution in [1.82, 2.24) is 4.90 Å². The average Bonchev–Trinajstić information content (AvgIpc) is 2.61. The number of rotatable bonds is 3. The second-order valence-corrected chi connectivity index (χ2v) is 4.82. The Morgan fingerprint density at radius 3 is 2.40 bits per heavy atom. The van der Waals surface area contributed by atoms with E-state index in [9.17, 15) is 4.79 Å². The van der Waals surface area contributed by atoms with Crippen molar-refractivity contribution in [2.45, 2.75) is 39.3 Å². The monoisotopic (exact) mass is 210 g/mol. The lowest BCUT2D eigenvalue weighted by Crippen LogP contribution is -2.41. The molecule has 1 amide bonds. The van der Waals surface area contributed by atoms with Gasteiger partial charge in [0.15, 0.2) is 0 Å². The van der Waals surface area contributed by atoms with E-state index < -0.39 is 0 Å². The van der Waals surface area contributed by atoms with Crippen molar-refractivity contribution in [2.24, 2.45) is 17.6 Å². The van der Waals surface area contributed by atoms with Gasteiger partial charge in [0.25, 0.3) is 0 Å². The van der Waals surface area contributed by atoms with Crippen LogP contribution in [0, 0.1) is 11.8 Å². The minimum Gasteiger partial charge on any atom is -0.342 e. The lowest BCUT2D eigenvalue weighted by Gasteiger charge is -2.30. The first-order valence-electron chi connectivity index (χ1n) is 5.64. The number of amides is 1. The molecular weight excluding hydrogens is 188 g/mol. The first-order valence-corrected chi connectivity index (χ1v) is 5.64. The highest BCUT2D eigenvalue weighted by Crippen LogP contribution is 2.20. The van der Waals surface area contributed by atoms with Crippen LogP contribution in [0.1, 0.15) is 27.2 Å². The lowest BCUT2D eigenvalue weighted by molar-refractivity contribution is -0.135. The van der Waals surface area contributed by atoms with Gasteiger partial charge in [-0.1, -0.05) is 26.0 Å². The van der Waals surface area contributed by atoms with Gasteiger partial charge >= 0.3 is 0 Å². The van der Waals surface area contributed by atoms with Crippen LogP contribution in [0.25, 0.3) is 0 Å². The summed E-state index contributed by atoms with van der Waals surface area (Å²) >= 11 is 0. The molecular formula is C12H22N2O. The highest BCUT2D eigenvalue weighted by atomic mass is 16.2. The Morgan fingerprint density at radius 2 is 2.00 bits per heavy atom. The lowest BCUT2D eigenvalue weighted by atomic mass is 10.0. The molecule has 86 valence electrons. The van der Waals surface area contributed by atoms with E-state index in [2.05, 4.69) is 20.8 Å². The van der Waals surface area contributed by atoms with Crippen molar-refractivity contribution >= 4 is 5.91 Å². The van der Waals surface area contributed by atoms with E-state index in [1.807, 2.05) is 24.1 Å². The van der Waals surface area contributed by atoms with Gasteiger partial charge in [-0.25, -0.2) is 0 Å². The molecule has 3 atom stereocenters. The van der Waals surface area contributed by atoms with Gasteiger partial charge in [0.1, 0.15) is 0 Å². The molecule has 0 aliphatic heterocycles. The molecule has 0 heterocycles. The van der Waals surface area contributed by atoms with Crippen LogP contribution in [0.2, 0.25) is 0 Å². The molecule has 0 fully saturated rings. The van der Waals surface area contributed by atoms with E-state index in [0.29, 0.717) is 5.92 Å². The van der Waals surface area contributed by atoms with Crippen LogP contribution < -0.4 is 5.73 Å². The minimum atomic E-state index is -0.00815. The first kappa shape index (κ1) is 12.2. The van der Waals surface area contributed by atoms with E-state index in [1.165, 1.54) is 0 Å². The van der Waals surface area contributed by atoms with Crippen molar-refractivity contribution in [3.05, 3.63) is 12.2 Å². The van der Waals surface area contributed by atoms with Crippen LogP contribution in [0.15, 0.2) is 12.2 Å². The summed E-state index contributed by atoms with van der Waals surface area (Å²) in [5.41, 5.74) is 5.74. The number of nitrogens with two attached hydrogens (primary N) is 1. The Kier molecular flexibility index (Phi) is 3.91. The number of hydrogen-bond donors (Lipinski definition) is 1. The van der Waals surface area contributed by atoms with Gasteiger partial charge in [-0.2, -0.15) is 0 Å². The summed E-state index contributed by atoms with van der Waals surface area (Å²) in [6.45, 7) is 6.34. The fourth-order valence-corrected chi connectivity index (χ4v) is 1.82. The highest BCUT2D eigenvalue weighted by Gasteiger charge is 2.28. The summed E-state index contributed by atoms with van der Waals surface area (Å²) in [6.07, 6.45) is 4.63. The molecule has 15 heavy (non-hydrogen) atoms. The maximum Gasteiger partial charge on any atom is 0.229 e. The van der Waals surface area contributed by atoms with Crippen LogP contribution in [0.3, 0.4) is 0 Å². The molecule has 1 rings (SSSR count). The third-order valence-electron chi connectivity index (χ3n) is 3.36. The van der Waals surface area contributed by atoms with Crippen molar-refractivity contribution in [3.8, 4) is 0 Å². The van der Waals surface area contributed by atoms with Crippen LogP contribution in [-0.4, -0.2) is 29.9 Å². The standard InChI is InChI=1S/C12H22N2O/c1-8(2)9(3)14(4)12(15)10-5-6-11(13)7-10/h5-6,8-11H,7,13H2,1-4H3. The Balaban J connectivity index is 2.57. The Labute approximate surface area is 92.3 Å². The predicted octanol–water partition coefficient (Wildman–Crippen LogP) is 1.39. The normalized spacial score (nSPS) is 27.1. The molecule has 2 N–H and O–H groups in total. The summed E-state index contributed by atoms with van der Waals surface area (Å²) in [5.74, 6) is 0.671. The smallest absolute Gasteiger partial charge is 0.229 e. The van der Waals surface area contributed by atoms with Crippen LogP contribution >= 0.6 is 0 Å². The van der Waals surface area contributed by atoms with Gasteiger partial charge in [-0.3, -0.25) is 4.79 Å². The van der Waals surface area contributed by atoms with Crippen LogP contribution in [0.5, 0.6) is 0 Å². The van der Waals surface area contributed by atoms with Crippen molar-refractivity contribution < 1.29 is 4.79 Å². The summed E-state index contributed by atoms with van der Waals surface area (Å²) < 4.78 is 0. The van der Waals surface area contributed by atoms with E-state index >= 15 is 0 Å². The Bertz CT molecular complexity index is 260.